The van der Waals surface area contributed by atoms with Crippen LogP contribution in [0.1, 0.15) is 51.2 Å². The normalized spacial score (nSPS) is 17.3. The summed E-state index contributed by atoms with van der Waals surface area (Å²) in [5.41, 5.74) is 0. The first-order valence-corrected chi connectivity index (χ1v) is 9.24. The van der Waals surface area contributed by atoms with E-state index in [9.17, 15) is 9.59 Å². The highest BCUT2D eigenvalue weighted by atomic mass is 32.2. The second-order valence-corrected chi connectivity index (χ2v) is 7.35. The molecule has 1 atom stereocenters. The van der Waals surface area contributed by atoms with Crippen molar-refractivity contribution in [2.45, 2.75) is 63.7 Å². The number of hydrogen-bond acceptors (Lipinski definition) is 5. The maximum atomic E-state index is 12.0. The Kier molecular flexibility index (Phi) is 6.95. The van der Waals surface area contributed by atoms with E-state index in [1.807, 2.05) is 0 Å². The van der Waals surface area contributed by atoms with Crippen molar-refractivity contribution in [1.82, 2.24) is 10.5 Å². The molecule has 6 nitrogen and oxygen atoms in total. The summed E-state index contributed by atoms with van der Waals surface area (Å²) < 4.78 is 4.90. The van der Waals surface area contributed by atoms with Crippen molar-refractivity contribution in [2.75, 3.05) is 11.1 Å². The van der Waals surface area contributed by atoms with Gasteiger partial charge in [0.1, 0.15) is 5.76 Å². The lowest BCUT2D eigenvalue weighted by Crippen LogP contribution is -2.36. The quantitative estimate of drug-likeness (QED) is 0.779. The van der Waals surface area contributed by atoms with E-state index >= 15 is 0 Å². The fourth-order valence-electron chi connectivity index (χ4n) is 2.62. The first-order chi connectivity index (χ1) is 11.0. The van der Waals surface area contributed by atoms with Gasteiger partial charge in [0.15, 0.2) is 5.82 Å². The molecule has 0 bridgehead atoms. The molecule has 1 aliphatic carbocycles. The molecule has 0 saturated heterocycles. The third-order valence-corrected chi connectivity index (χ3v) is 5.08. The van der Waals surface area contributed by atoms with Crippen LogP contribution in [0.15, 0.2) is 10.6 Å². The number of hydrogen-bond donors (Lipinski definition) is 2. The molecule has 7 heteroatoms. The zero-order valence-electron chi connectivity index (χ0n) is 13.8. The number of thioether (sulfide) groups is 1. The number of carbonyl (C=O) groups excluding carboxylic acids is 2. The summed E-state index contributed by atoms with van der Waals surface area (Å²) >= 11 is 1.33. The molecule has 2 amide bonds. The van der Waals surface area contributed by atoms with Gasteiger partial charge in [0.05, 0.1) is 11.0 Å². The van der Waals surface area contributed by atoms with E-state index in [-0.39, 0.29) is 17.1 Å². The van der Waals surface area contributed by atoms with Crippen LogP contribution in [0, 0.1) is 6.92 Å². The molecule has 0 unspecified atom stereocenters. The highest BCUT2D eigenvalue weighted by Crippen LogP contribution is 2.18. The SMILES string of the molecule is Cc1cc(NC(=O)[C@H](C)SCC(=O)NC2CCCCCC2)no1. The number of rotatable bonds is 6. The highest BCUT2D eigenvalue weighted by Gasteiger charge is 2.19. The molecule has 2 rings (SSSR count). The van der Waals surface area contributed by atoms with Gasteiger partial charge in [0.2, 0.25) is 11.8 Å². The van der Waals surface area contributed by atoms with Gasteiger partial charge in [-0.1, -0.05) is 30.8 Å². The highest BCUT2D eigenvalue weighted by molar-refractivity contribution is 8.01. The van der Waals surface area contributed by atoms with Gasteiger partial charge >= 0.3 is 0 Å². The van der Waals surface area contributed by atoms with Crippen LogP contribution in [0.3, 0.4) is 0 Å². The van der Waals surface area contributed by atoms with Crippen molar-refractivity contribution >= 4 is 29.4 Å². The number of aromatic nitrogens is 1. The van der Waals surface area contributed by atoms with Gasteiger partial charge in [-0.2, -0.15) is 0 Å². The zero-order chi connectivity index (χ0) is 16.7. The Hall–Kier alpha value is -1.50. The summed E-state index contributed by atoms with van der Waals surface area (Å²) in [6.45, 7) is 3.55. The molecule has 0 spiro atoms. The molecule has 0 aliphatic heterocycles. The van der Waals surface area contributed by atoms with Crippen LogP contribution in [0.5, 0.6) is 0 Å². The minimum atomic E-state index is -0.327. The average Bonchev–Trinajstić information content (AvgIpc) is 2.76. The molecule has 0 radical (unpaired) electrons. The molecule has 128 valence electrons. The number of aryl methyl sites for hydroxylation is 1. The molecule has 1 fully saturated rings. The lowest BCUT2D eigenvalue weighted by atomic mass is 10.1. The third kappa shape index (κ3) is 6.25. The van der Waals surface area contributed by atoms with E-state index in [1.54, 1.807) is 19.9 Å². The van der Waals surface area contributed by atoms with E-state index in [0.717, 1.165) is 12.8 Å². The van der Waals surface area contributed by atoms with E-state index in [0.29, 0.717) is 23.4 Å². The van der Waals surface area contributed by atoms with E-state index in [1.165, 1.54) is 37.4 Å². The van der Waals surface area contributed by atoms with Crippen molar-refractivity contribution in [2.24, 2.45) is 0 Å². The minimum absolute atomic E-state index is 0.0128. The third-order valence-electron chi connectivity index (χ3n) is 3.93. The van der Waals surface area contributed by atoms with E-state index in [4.69, 9.17) is 4.52 Å². The summed E-state index contributed by atoms with van der Waals surface area (Å²) in [4.78, 5) is 24.0. The molecule has 1 saturated carbocycles. The first kappa shape index (κ1) is 17.8. The maximum Gasteiger partial charge on any atom is 0.238 e. The molecule has 1 heterocycles. The number of carbonyl (C=O) groups is 2. The molecule has 0 aromatic carbocycles. The predicted molar refractivity (Wildman–Crippen MR) is 91.4 cm³/mol. The molecule has 1 aromatic heterocycles. The summed E-state index contributed by atoms with van der Waals surface area (Å²) in [7, 11) is 0. The fraction of sp³-hybridized carbons (Fsp3) is 0.688. The number of amides is 2. The van der Waals surface area contributed by atoms with Crippen LogP contribution in [-0.2, 0) is 9.59 Å². The summed E-state index contributed by atoms with van der Waals surface area (Å²) in [6, 6.07) is 1.96. The molecule has 2 N–H and O–H groups in total. The van der Waals surface area contributed by atoms with Crippen LogP contribution >= 0.6 is 11.8 Å². The fourth-order valence-corrected chi connectivity index (χ4v) is 3.32. The Labute approximate surface area is 141 Å². The second-order valence-electron chi connectivity index (χ2n) is 6.02. The lowest BCUT2D eigenvalue weighted by Gasteiger charge is -2.17. The Morgan fingerprint density at radius 1 is 1.35 bits per heavy atom. The van der Waals surface area contributed by atoms with Gasteiger partial charge in [-0.25, -0.2) is 0 Å². The average molecular weight is 339 g/mol. The monoisotopic (exact) mass is 339 g/mol. The van der Waals surface area contributed by atoms with Gasteiger partial charge in [0, 0.05) is 12.1 Å². The van der Waals surface area contributed by atoms with Gasteiger partial charge < -0.3 is 15.2 Å². The molecule has 23 heavy (non-hydrogen) atoms. The smallest absolute Gasteiger partial charge is 0.238 e. The van der Waals surface area contributed by atoms with E-state index < -0.39 is 0 Å². The van der Waals surface area contributed by atoms with Crippen LogP contribution in [0.4, 0.5) is 5.82 Å². The largest absolute Gasteiger partial charge is 0.360 e. The Morgan fingerprint density at radius 2 is 2.04 bits per heavy atom. The lowest BCUT2D eigenvalue weighted by molar-refractivity contribution is -0.119. The summed E-state index contributed by atoms with van der Waals surface area (Å²) in [5.74, 6) is 1.18. The first-order valence-electron chi connectivity index (χ1n) is 8.20. The van der Waals surface area contributed by atoms with Crippen molar-refractivity contribution in [3.8, 4) is 0 Å². The Bertz CT molecular complexity index is 524. The van der Waals surface area contributed by atoms with Crippen LogP contribution in [-0.4, -0.2) is 34.0 Å². The van der Waals surface area contributed by atoms with E-state index in [2.05, 4.69) is 15.8 Å². The molecule has 1 aliphatic rings. The van der Waals surface area contributed by atoms with Gasteiger partial charge in [0.25, 0.3) is 0 Å². The topological polar surface area (TPSA) is 84.2 Å². The summed E-state index contributed by atoms with van der Waals surface area (Å²) in [6.07, 6.45) is 7.04. The summed E-state index contributed by atoms with van der Waals surface area (Å²) in [5, 5.41) is 9.16. The van der Waals surface area contributed by atoms with Crippen molar-refractivity contribution < 1.29 is 14.1 Å². The number of nitrogens with zero attached hydrogens (tertiary/aromatic N) is 1. The zero-order valence-corrected chi connectivity index (χ0v) is 14.6. The van der Waals surface area contributed by atoms with Gasteiger partial charge in [-0.3, -0.25) is 9.59 Å². The Morgan fingerprint density at radius 3 is 2.65 bits per heavy atom. The molecular weight excluding hydrogens is 314 g/mol. The van der Waals surface area contributed by atoms with Crippen molar-refractivity contribution in [3.63, 3.8) is 0 Å². The second kappa shape index (κ2) is 8.96. The maximum absolute atomic E-state index is 12.0. The van der Waals surface area contributed by atoms with Crippen LogP contribution < -0.4 is 10.6 Å². The molecular formula is C16H25N3O3S. The minimum Gasteiger partial charge on any atom is -0.360 e. The van der Waals surface area contributed by atoms with Gasteiger partial charge in [-0.05, 0) is 26.7 Å². The van der Waals surface area contributed by atoms with Gasteiger partial charge in [-0.15, -0.1) is 11.8 Å². The predicted octanol–water partition coefficient (Wildman–Crippen LogP) is 2.88. The van der Waals surface area contributed by atoms with Crippen molar-refractivity contribution in [3.05, 3.63) is 11.8 Å². The molecule has 1 aromatic rings. The number of anilines is 1. The standard InChI is InChI=1S/C16H25N3O3S/c1-11-9-14(19-22-11)18-16(21)12(2)23-10-15(20)17-13-7-5-3-4-6-8-13/h9,12-13H,3-8,10H2,1-2H3,(H,17,20)(H,18,19,21)/t12-/m0/s1. The number of nitrogens with one attached hydrogen (secondary N) is 2. The van der Waals surface area contributed by atoms with Crippen molar-refractivity contribution in [1.29, 1.82) is 0 Å². The van der Waals surface area contributed by atoms with Crippen LogP contribution in [0.2, 0.25) is 0 Å². The Balaban J connectivity index is 1.69. The van der Waals surface area contributed by atoms with Crippen LogP contribution in [0.25, 0.3) is 0 Å².